The van der Waals surface area contributed by atoms with Gasteiger partial charge in [-0.25, -0.2) is 0 Å². The summed E-state index contributed by atoms with van der Waals surface area (Å²) in [7, 11) is 4.02. The average Bonchev–Trinajstić information content (AvgIpc) is 2.57. The van der Waals surface area contributed by atoms with E-state index in [1.54, 1.807) is 11.8 Å². The van der Waals surface area contributed by atoms with Crippen LogP contribution in [0.4, 0.5) is 5.69 Å². The SMILES string of the molecule is CSCc1ccc(C(=O)Nc2ccc(OCCN(C)C)cc2)cc1. The zero-order valence-corrected chi connectivity index (χ0v) is 15.2. The number of likely N-dealkylation sites (N-methyl/N-ethyl adjacent to an activating group) is 1. The molecule has 0 saturated heterocycles. The maximum absolute atomic E-state index is 12.3. The number of carbonyl (C=O) groups is 1. The van der Waals surface area contributed by atoms with Gasteiger partial charge in [0.05, 0.1) is 0 Å². The zero-order valence-electron chi connectivity index (χ0n) is 14.4. The van der Waals surface area contributed by atoms with Gasteiger partial charge in [-0.05, 0) is 62.3 Å². The highest BCUT2D eigenvalue weighted by Gasteiger charge is 2.06. The number of thioether (sulfide) groups is 1. The van der Waals surface area contributed by atoms with Gasteiger partial charge in [-0.15, -0.1) is 0 Å². The molecule has 2 rings (SSSR count). The number of benzene rings is 2. The number of hydrogen-bond acceptors (Lipinski definition) is 4. The Morgan fingerprint density at radius 3 is 2.33 bits per heavy atom. The van der Waals surface area contributed by atoms with Crippen LogP contribution in [0.1, 0.15) is 15.9 Å². The highest BCUT2D eigenvalue weighted by molar-refractivity contribution is 7.97. The lowest BCUT2D eigenvalue weighted by Gasteiger charge is -2.11. The van der Waals surface area contributed by atoms with Gasteiger partial charge in [0.15, 0.2) is 0 Å². The maximum Gasteiger partial charge on any atom is 0.255 e. The van der Waals surface area contributed by atoms with E-state index in [2.05, 4.69) is 16.5 Å². The number of rotatable bonds is 8. The molecule has 0 fully saturated rings. The molecule has 0 saturated carbocycles. The second-order valence-electron chi connectivity index (χ2n) is 5.76. The van der Waals surface area contributed by atoms with Crippen LogP contribution in [0.2, 0.25) is 0 Å². The largest absolute Gasteiger partial charge is 0.492 e. The van der Waals surface area contributed by atoms with Crippen LogP contribution in [-0.4, -0.2) is 44.3 Å². The van der Waals surface area contributed by atoms with E-state index in [1.807, 2.05) is 62.6 Å². The van der Waals surface area contributed by atoms with Gasteiger partial charge in [0.1, 0.15) is 12.4 Å². The first-order valence-corrected chi connectivity index (χ1v) is 9.24. The minimum absolute atomic E-state index is 0.105. The monoisotopic (exact) mass is 344 g/mol. The first-order chi connectivity index (χ1) is 11.6. The molecule has 4 nitrogen and oxygen atoms in total. The third kappa shape index (κ3) is 5.91. The van der Waals surface area contributed by atoms with E-state index in [-0.39, 0.29) is 5.91 Å². The molecule has 0 spiro atoms. The van der Waals surface area contributed by atoms with Crippen molar-refractivity contribution >= 4 is 23.4 Å². The van der Waals surface area contributed by atoms with Gasteiger partial charge in [0.25, 0.3) is 5.91 Å². The van der Waals surface area contributed by atoms with Crippen molar-refractivity contribution in [2.24, 2.45) is 0 Å². The smallest absolute Gasteiger partial charge is 0.255 e. The summed E-state index contributed by atoms with van der Waals surface area (Å²) in [6, 6.07) is 15.1. The van der Waals surface area contributed by atoms with Crippen LogP contribution in [0, 0.1) is 0 Å². The molecule has 24 heavy (non-hydrogen) atoms. The maximum atomic E-state index is 12.3. The van der Waals surface area contributed by atoms with Gasteiger partial charge < -0.3 is 15.0 Å². The lowest BCUT2D eigenvalue weighted by Crippen LogP contribution is -2.19. The Hall–Kier alpha value is -1.98. The number of ether oxygens (including phenoxy) is 1. The normalized spacial score (nSPS) is 10.7. The highest BCUT2D eigenvalue weighted by atomic mass is 32.2. The highest BCUT2D eigenvalue weighted by Crippen LogP contribution is 2.17. The van der Waals surface area contributed by atoms with E-state index in [0.29, 0.717) is 12.2 Å². The summed E-state index contributed by atoms with van der Waals surface area (Å²) in [5.74, 6) is 1.65. The van der Waals surface area contributed by atoms with Crippen LogP contribution in [0.5, 0.6) is 5.75 Å². The fraction of sp³-hybridized carbons (Fsp3) is 0.316. The van der Waals surface area contributed by atoms with Gasteiger partial charge >= 0.3 is 0 Å². The number of nitrogens with zero attached hydrogens (tertiary/aromatic N) is 1. The number of carbonyl (C=O) groups excluding carboxylic acids is 1. The molecule has 0 aliphatic heterocycles. The van der Waals surface area contributed by atoms with Crippen LogP contribution < -0.4 is 10.1 Å². The Morgan fingerprint density at radius 2 is 1.75 bits per heavy atom. The molecule has 0 bridgehead atoms. The van der Waals surface area contributed by atoms with E-state index in [4.69, 9.17) is 4.74 Å². The molecule has 0 aliphatic rings. The summed E-state index contributed by atoms with van der Waals surface area (Å²) in [5.41, 5.74) is 2.64. The van der Waals surface area contributed by atoms with Gasteiger partial charge in [-0.1, -0.05) is 12.1 Å². The molecule has 0 heterocycles. The Bertz CT molecular complexity index is 639. The molecule has 0 atom stereocenters. The molecule has 2 aromatic rings. The summed E-state index contributed by atoms with van der Waals surface area (Å²) in [4.78, 5) is 14.3. The second kappa shape index (κ2) is 9.35. The van der Waals surface area contributed by atoms with Crippen molar-refractivity contribution in [3.05, 3.63) is 59.7 Å². The number of amides is 1. The third-order valence-corrected chi connectivity index (χ3v) is 4.07. The van der Waals surface area contributed by atoms with Crippen LogP contribution >= 0.6 is 11.8 Å². The molecule has 1 N–H and O–H groups in total. The molecule has 0 aromatic heterocycles. The number of hydrogen-bond donors (Lipinski definition) is 1. The molecule has 2 aromatic carbocycles. The predicted molar refractivity (Wildman–Crippen MR) is 102 cm³/mol. The Balaban J connectivity index is 1.89. The fourth-order valence-electron chi connectivity index (χ4n) is 2.10. The van der Waals surface area contributed by atoms with Crippen molar-refractivity contribution < 1.29 is 9.53 Å². The molecule has 0 unspecified atom stereocenters. The molecule has 128 valence electrons. The van der Waals surface area contributed by atoms with Crippen LogP contribution in [0.15, 0.2) is 48.5 Å². The van der Waals surface area contributed by atoms with E-state index in [1.165, 1.54) is 5.56 Å². The Kier molecular flexibility index (Phi) is 7.15. The van der Waals surface area contributed by atoms with Crippen molar-refractivity contribution in [2.75, 3.05) is 38.8 Å². The molecular formula is C19H24N2O2S. The first-order valence-electron chi connectivity index (χ1n) is 7.85. The Labute approximate surface area is 148 Å². The van der Waals surface area contributed by atoms with Gasteiger partial charge in [0, 0.05) is 23.5 Å². The zero-order chi connectivity index (χ0) is 17.4. The molecule has 0 radical (unpaired) electrons. The summed E-state index contributed by atoms with van der Waals surface area (Å²) in [5, 5.41) is 2.90. The minimum atomic E-state index is -0.105. The average molecular weight is 344 g/mol. The van der Waals surface area contributed by atoms with Crippen molar-refractivity contribution in [3.8, 4) is 5.75 Å². The summed E-state index contributed by atoms with van der Waals surface area (Å²) >= 11 is 1.76. The summed E-state index contributed by atoms with van der Waals surface area (Å²) < 4.78 is 5.64. The Morgan fingerprint density at radius 1 is 1.08 bits per heavy atom. The molecule has 5 heteroatoms. The summed E-state index contributed by atoms with van der Waals surface area (Å²) in [6.45, 7) is 1.51. The fourth-order valence-corrected chi connectivity index (χ4v) is 2.63. The van der Waals surface area contributed by atoms with Crippen LogP contribution in [-0.2, 0) is 5.75 Å². The van der Waals surface area contributed by atoms with Crippen LogP contribution in [0.3, 0.4) is 0 Å². The predicted octanol–water partition coefficient (Wildman–Crippen LogP) is 3.74. The van der Waals surface area contributed by atoms with Gasteiger partial charge in [-0.3, -0.25) is 4.79 Å². The first kappa shape index (κ1) is 18.4. The standard InChI is InChI=1S/C19H24N2O2S/c1-21(2)12-13-23-18-10-8-17(9-11-18)20-19(22)16-6-4-15(5-7-16)14-24-3/h4-11H,12-14H2,1-3H3,(H,20,22). The van der Waals surface area contributed by atoms with E-state index in [9.17, 15) is 4.79 Å². The van der Waals surface area contributed by atoms with Gasteiger partial charge in [0.2, 0.25) is 0 Å². The third-order valence-electron chi connectivity index (χ3n) is 3.45. The van der Waals surface area contributed by atoms with Gasteiger partial charge in [-0.2, -0.15) is 11.8 Å². The lowest BCUT2D eigenvalue weighted by molar-refractivity contribution is 0.102. The number of anilines is 1. The lowest BCUT2D eigenvalue weighted by atomic mass is 10.1. The van der Waals surface area contributed by atoms with Crippen molar-refractivity contribution in [1.29, 1.82) is 0 Å². The molecule has 1 amide bonds. The number of nitrogens with one attached hydrogen (secondary N) is 1. The quantitative estimate of drug-likeness (QED) is 0.792. The van der Waals surface area contributed by atoms with Crippen molar-refractivity contribution in [1.82, 2.24) is 4.90 Å². The topological polar surface area (TPSA) is 41.6 Å². The van der Waals surface area contributed by atoms with E-state index < -0.39 is 0 Å². The molecular weight excluding hydrogens is 320 g/mol. The van der Waals surface area contributed by atoms with Crippen LogP contribution in [0.25, 0.3) is 0 Å². The second-order valence-corrected chi connectivity index (χ2v) is 6.63. The van der Waals surface area contributed by atoms with Crippen molar-refractivity contribution in [3.63, 3.8) is 0 Å². The summed E-state index contributed by atoms with van der Waals surface area (Å²) in [6.07, 6.45) is 2.06. The molecule has 0 aliphatic carbocycles. The van der Waals surface area contributed by atoms with E-state index in [0.717, 1.165) is 23.7 Å². The van der Waals surface area contributed by atoms with Crippen molar-refractivity contribution in [2.45, 2.75) is 5.75 Å². The van der Waals surface area contributed by atoms with E-state index >= 15 is 0 Å². The minimum Gasteiger partial charge on any atom is -0.492 e.